The van der Waals surface area contributed by atoms with Crippen LogP contribution in [0.1, 0.15) is 33.6 Å². The largest absolute Gasteiger partial charge is 0.344 e. The SMILES string of the molecule is CCC(CC)(CN)C(=O)NC(C)C(=O)Nc1ccccc1. The van der Waals surface area contributed by atoms with Crippen LogP contribution in [0, 0.1) is 5.41 Å². The number of nitrogens with two attached hydrogens (primary N) is 1. The minimum atomic E-state index is -0.610. The molecule has 0 aliphatic heterocycles. The van der Waals surface area contributed by atoms with E-state index in [0.29, 0.717) is 18.5 Å². The molecule has 4 N–H and O–H groups in total. The zero-order chi connectivity index (χ0) is 15.9. The van der Waals surface area contributed by atoms with E-state index in [-0.39, 0.29) is 18.4 Å². The number of hydrogen-bond donors (Lipinski definition) is 3. The van der Waals surface area contributed by atoms with Crippen molar-refractivity contribution in [2.45, 2.75) is 39.7 Å². The van der Waals surface area contributed by atoms with Gasteiger partial charge >= 0.3 is 0 Å². The van der Waals surface area contributed by atoms with E-state index >= 15 is 0 Å². The molecule has 1 aromatic carbocycles. The number of rotatable bonds is 7. The number of carbonyl (C=O) groups is 2. The van der Waals surface area contributed by atoms with E-state index < -0.39 is 11.5 Å². The Morgan fingerprint density at radius 1 is 1.19 bits per heavy atom. The van der Waals surface area contributed by atoms with Crippen LogP contribution in [0.25, 0.3) is 0 Å². The van der Waals surface area contributed by atoms with E-state index in [1.807, 2.05) is 32.0 Å². The Morgan fingerprint density at radius 3 is 2.24 bits per heavy atom. The molecule has 0 saturated heterocycles. The fraction of sp³-hybridized carbons (Fsp3) is 0.500. The number of carbonyl (C=O) groups excluding carboxylic acids is 2. The summed E-state index contributed by atoms with van der Waals surface area (Å²) in [5.41, 5.74) is 5.86. The van der Waals surface area contributed by atoms with Crippen molar-refractivity contribution in [1.29, 1.82) is 0 Å². The molecule has 5 heteroatoms. The number of anilines is 1. The zero-order valence-electron chi connectivity index (χ0n) is 13.0. The van der Waals surface area contributed by atoms with Crippen molar-refractivity contribution in [1.82, 2.24) is 5.32 Å². The molecule has 0 aliphatic carbocycles. The van der Waals surface area contributed by atoms with Gasteiger partial charge in [-0.15, -0.1) is 0 Å². The molecule has 116 valence electrons. The van der Waals surface area contributed by atoms with E-state index in [1.54, 1.807) is 19.1 Å². The number of para-hydroxylation sites is 1. The summed E-state index contributed by atoms with van der Waals surface area (Å²) in [5, 5.41) is 5.53. The second-order valence-corrected chi connectivity index (χ2v) is 5.24. The fourth-order valence-corrected chi connectivity index (χ4v) is 2.14. The highest BCUT2D eigenvalue weighted by Gasteiger charge is 2.34. The third-order valence-corrected chi connectivity index (χ3v) is 4.01. The normalized spacial score (nSPS) is 12.6. The summed E-state index contributed by atoms with van der Waals surface area (Å²) in [6, 6.07) is 8.54. The van der Waals surface area contributed by atoms with E-state index in [4.69, 9.17) is 5.73 Å². The summed E-state index contributed by atoms with van der Waals surface area (Å²) in [4.78, 5) is 24.4. The molecule has 0 aromatic heterocycles. The Kier molecular flexibility index (Phi) is 6.37. The Hall–Kier alpha value is -1.88. The molecule has 0 aliphatic rings. The third kappa shape index (κ3) is 4.29. The first-order valence-electron chi connectivity index (χ1n) is 7.36. The van der Waals surface area contributed by atoms with Gasteiger partial charge in [-0.05, 0) is 31.9 Å². The number of benzene rings is 1. The molecule has 1 aromatic rings. The molecule has 1 atom stereocenters. The lowest BCUT2D eigenvalue weighted by Crippen LogP contribution is -2.51. The maximum Gasteiger partial charge on any atom is 0.246 e. The van der Waals surface area contributed by atoms with Gasteiger partial charge in [0, 0.05) is 12.2 Å². The average Bonchev–Trinajstić information content (AvgIpc) is 2.50. The lowest BCUT2D eigenvalue weighted by molar-refractivity contribution is -0.134. The van der Waals surface area contributed by atoms with E-state index in [9.17, 15) is 9.59 Å². The molecule has 2 amide bonds. The molecule has 5 nitrogen and oxygen atoms in total. The van der Waals surface area contributed by atoms with Gasteiger partial charge in [0.2, 0.25) is 11.8 Å². The Morgan fingerprint density at radius 2 is 1.76 bits per heavy atom. The smallest absolute Gasteiger partial charge is 0.246 e. The van der Waals surface area contributed by atoms with E-state index in [0.717, 1.165) is 0 Å². The predicted molar refractivity (Wildman–Crippen MR) is 84.7 cm³/mol. The number of amides is 2. The van der Waals surface area contributed by atoms with Crippen LogP contribution in [0.3, 0.4) is 0 Å². The number of hydrogen-bond acceptors (Lipinski definition) is 3. The van der Waals surface area contributed by atoms with Crippen LogP contribution in [-0.2, 0) is 9.59 Å². The highest BCUT2D eigenvalue weighted by atomic mass is 16.2. The quantitative estimate of drug-likeness (QED) is 0.717. The lowest BCUT2D eigenvalue weighted by Gasteiger charge is -2.30. The van der Waals surface area contributed by atoms with Crippen molar-refractivity contribution in [3.63, 3.8) is 0 Å². The molecular formula is C16H25N3O2. The van der Waals surface area contributed by atoms with E-state index in [1.165, 1.54) is 0 Å². The van der Waals surface area contributed by atoms with Crippen LogP contribution in [0.4, 0.5) is 5.69 Å². The van der Waals surface area contributed by atoms with Crippen LogP contribution < -0.4 is 16.4 Å². The van der Waals surface area contributed by atoms with Gasteiger partial charge in [-0.1, -0.05) is 32.0 Å². The van der Waals surface area contributed by atoms with Gasteiger partial charge in [-0.3, -0.25) is 9.59 Å². The second kappa shape index (κ2) is 7.78. The van der Waals surface area contributed by atoms with Gasteiger partial charge < -0.3 is 16.4 Å². The van der Waals surface area contributed by atoms with Crippen LogP contribution >= 0.6 is 0 Å². The van der Waals surface area contributed by atoms with Crippen molar-refractivity contribution in [3.8, 4) is 0 Å². The Labute approximate surface area is 126 Å². The average molecular weight is 291 g/mol. The van der Waals surface area contributed by atoms with Gasteiger partial charge in [-0.25, -0.2) is 0 Å². The zero-order valence-corrected chi connectivity index (χ0v) is 13.0. The summed E-state index contributed by atoms with van der Waals surface area (Å²) in [5.74, 6) is -0.404. The third-order valence-electron chi connectivity index (χ3n) is 4.01. The maximum atomic E-state index is 12.4. The Bertz CT molecular complexity index is 461. The topological polar surface area (TPSA) is 84.2 Å². The summed E-state index contributed by atoms with van der Waals surface area (Å²) >= 11 is 0. The van der Waals surface area contributed by atoms with Gasteiger partial charge in [-0.2, -0.15) is 0 Å². The summed E-state index contributed by atoms with van der Waals surface area (Å²) in [6.45, 7) is 5.82. The van der Waals surface area contributed by atoms with Crippen molar-refractivity contribution >= 4 is 17.5 Å². The summed E-state index contributed by atoms with van der Waals surface area (Å²) in [7, 11) is 0. The first kappa shape index (κ1) is 17.2. The highest BCUT2D eigenvalue weighted by Crippen LogP contribution is 2.25. The van der Waals surface area contributed by atoms with Crippen molar-refractivity contribution in [3.05, 3.63) is 30.3 Å². The molecule has 1 rings (SSSR count). The molecule has 0 saturated carbocycles. The Balaban J connectivity index is 2.65. The van der Waals surface area contributed by atoms with E-state index in [2.05, 4.69) is 10.6 Å². The minimum absolute atomic E-state index is 0.161. The van der Waals surface area contributed by atoms with Crippen molar-refractivity contribution < 1.29 is 9.59 Å². The van der Waals surface area contributed by atoms with Crippen LogP contribution in [-0.4, -0.2) is 24.4 Å². The minimum Gasteiger partial charge on any atom is -0.344 e. The van der Waals surface area contributed by atoms with Crippen LogP contribution in [0.2, 0.25) is 0 Å². The summed E-state index contributed by atoms with van der Waals surface area (Å²) < 4.78 is 0. The van der Waals surface area contributed by atoms with Gasteiger partial charge in [0.25, 0.3) is 0 Å². The van der Waals surface area contributed by atoms with Gasteiger partial charge in [0.05, 0.1) is 5.41 Å². The van der Waals surface area contributed by atoms with Crippen molar-refractivity contribution in [2.75, 3.05) is 11.9 Å². The molecule has 0 fully saturated rings. The molecular weight excluding hydrogens is 266 g/mol. The first-order valence-corrected chi connectivity index (χ1v) is 7.36. The molecule has 0 heterocycles. The monoisotopic (exact) mass is 291 g/mol. The van der Waals surface area contributed by atoms with Gasteiger partial charge in [0.15, 0.2) is 0 Å². The molecule has 21 heavy (non-hydrogen) atoms. The lowest BCUT2D eigenvalue weighted by atomic mass is 9.81. The highest BCUT2D eigenvalue weighted by molar-refractivity contribution is 5.97. The van der Waals surface area contributed by atoms with Crippen LogP contribution in [0.15, 0.2) is 30.3 Å². The first-order chi connectivity index (χ1) is 9.99. The van der Waals surface area contributed by atoms with Gasteiger partial charge in [0.1, 0.15) is 6.04 Å². The fourth-order valence-electron chi connectivity index (χ4n) is 2.14. The summed E-state index contributed by atoms with van der Waals surface area (Å²) in [6.07, 6.45) is 1.30. The molecule has 0 spiro atoms. The van der Waals surface area contributed by atoms with Crippen LogP contribution in [0.5, 0.6) is 0 Å². The number of nitrogens with one attached hydrogen (secondary N) is 2. The van der Waals surface area contributed by atoms with Crippen molar-refractivity contribution in [2.24, 2.45) is 11.1 Å². The maximum absolute atomic E-state index is 12.4. The predicted octanol–water partition coefficient (Wildman–Crippen LogP) is 1.89. The second-order valence-electron chi connectivity index (χ2n) is 5.24. The molecule has 0 radical (unpaired) electrons. The molecule has 1 unspecified atom stereocenters. The molecule has 0 bridgehead atoms. The standard InChI is InChI=1S/C16H25N3O2/c1-4-16(5-2,11-17)15(21)18-12(3)14(20)19-13-9-7-6-8-10-13/h6-10,12H,4-5,11,17H2,1-3H3,(H,18,21)(H,19,20).